The first-order chi connectivity index (χ1) is 14.8. The molecule has 3 saturated heterocycles. The minimum Gasteiger partial charge on any atom is -0.373 e. The number of ether oxygens (including phenoxy) is 1. The topological polar surface area (TPSA) is 43.3 Å². The molecular weight excluding hydrogens is 501 g/mol. The molecule has 0 aromatic heterocycles. The summed E-state index contributed by atoms with van der Waals surface area (Å²) < 4.78 is 6.15. The quantitative estimate of drug-likeness (QED) is 0.341. The van der Waals surface area contributed by atoms with Gasteiger partial charge >= 0.3 is 0 Å². The van der Waals surface area contributed by atoms with E-state index < -0.39 is 0 Å². The predicted octanol–water partition coefficient (Wildman–Crippen LogP) is 2.89. The fourth-order valence-corrected chi connectivity index (χ4v) is 5.24. The number of nitrogens with one attached hydrogen (secondary N) is 1. The Bertz CT molecular complexity index is 680. The van der Waals surface area contributed by atoms with Crippen molar-refractivity contribution in [3.8, 4) is 0 Å². The van der Waals surface area contributed by atoms with Crippen LogP contribution in [0.4, 0.5) is 0 Å². The molecule has 0 amide bonds. The van der Waals surface area contributed by atoms with Crippen LogP contribution in [0.2, 0.25) is 0 Å². The Balaban J connectivity index is 0.00000272. The molecule has 4 rings (SSSR count). The summed E-state index contributed by atoms with van der Waals surface area (Å²) in [7, 11) is 1.91. The summed E-state index contributed by atoms with van der Waals surface area (Å²) in [6.07, 6.45) is 4.13. The Kier molecular flexibility index (Phi) is 9.87. The van der Waals surface area contributed by atoms with Crippen molar-refractivity contribution in [1.29, 1.82) is 0 Å². The minimum atomic E-state index is 0. The second-order valence-electron chi connectivity index (χ2n) is 9.05. The van der Waals surface area contributed by atoms with E-state index in [0.29, 0.717) is 6.04 Å². The molecular formula is C24H40IN5O. The number of nitrogens with zero attached hydrogens (tertiary/aromatic N) is 4. The van der Waals surface area contributed by atoms with E-state index in [9.17, 15) is 0 Å². The first kappa shape index (κ1) is 24.7. The average Bonchev–Trinajstić information content (AvgIpc) is 3.21. The van der Waals surface area contributed by atoms with Gasteiger partial charge in [-0.1, -0.05) is 37.3 Å². The molecule has 0 radical (unpaired) electrons. The third-order valence-electron chi connectivity index (χ3n) is 6.95. The molecule has 0 bridgehead atoms. The number of fused-ring (bicyclic) bond motifs is 1. The predicted molar refractivity (Wildman–Crippen MR) is 138 cm³/mol. The van der Waals surface area contributed by atoms with Crippen LogP contribution in [0.25, 0.3) is 0 Å². The molecule has 3 fully saturated rings. The van der Waals surface area contributed by atoms with E-state index in [1.165, 1.54) is 44.5 Å². The zero-order chi connectivity index (χ0) is 20.8. The number of piperidine rings is 1. The third-order valence-corrected chi connectivity index (χ3v) is 6.95. The fourth-order valence-electron chi connectivity index (χ4n) is 5.24. The summed E-state index contributed by atoms with van der Waals surface area (Å²) in [5.74, 6) is 1.80. The molecule has 0 spiro atoms. The largest absolute Gasteiger partial charge is 0.373 e. The lowest BCUT2D eigenvalue weighted by Crippen LogP contribution is -2.50. The molecule has 1 aromatic rings. The number of aliphatic imine (C=N–C) groups is 1. The van der Waals surface area contributed by atoms with Crippen molar-refractivity contribution < 1.29 is 4.74 Å². The maximum atomic E-state index is 6.15. The summed E-state index contributed by atoms with van der Waals surface area (Å²) >= 11 is 0. The zero-order valence-electron chi connectivity index (χ0n) is 19.2. The second-order valence-corrected chi connectivity index (χ2v) is 9.05. The van der Waals surface area contributed by atoms with Gasteiger partial charge in [-0.2, -0.15) is 0 Å². The van der Waals surface area contributed by atoms with Gasteiger partial charge < -0.3 is 19.9 Å². The van der Waals surface area contributed by atoms with Crippen LogP contribution in [0.5, 0.6) is 0 Å². The second kappa shape index (κ2) is 12.4. The van der Waals surface area contributed by atoms with Crippen LogP contribution in [0.1, 0.15) is 31.7 Å². The van der Waals surface area contributed by atoms with E-state index in [4.69, 9.17) is 4.74 Å². The molecule has 6 nitrogen and oxygen atoms in total. The summed E-state index contributed by atoms with van der Waals surface area (Å²) in [4.78, 5) is 12.2. The number of likely N-dealkylation sites (tertiary alicyclic amines) is 2. The van der Waals surface area contributed by atoms with Gasteiger partial charge in [-0.15, -0.1) is 24.0 Å². The molecule has 2 atom stereocenters. The van der Waals surface area contributed by atoms with Crippen LogP contribution in [-0.4, -0.2) is 92.3 Å². The van der Waals surface area contributed by atoms with Gasteiger partial charge in [0, 0.05) is 39.8 Å². The van der Waals surface area contributed by atoms with Crippen molar-refractivity contribution in [2.24, 2.45) is 10.9 Å². The third kappa shape index (κ3) is 6.55. The lowest BCUT2D eigenvalue weighted by molar-refractivity contribution is -0.0502. The van der Waals surface area contributed by atoms with Gasteiger partial charge in [0.15, 0.2) is 5.96 Å². The minimum absolute atomic E-state index is 0. The highest BCUT2D eigenvalue weighted by atomic mass is 127. The van der Waals surface area contributed by atoms with Gasteiger partial charge in [0.25, 0.3) is 0 Å². The van der Waals surface area contributed by atoms with E-state index in [1.807, 2.05) is 7.05 Å². The Morgan fingerprint density at radius 1 is 1.13 bits per heavy atom. The van der Waals surface area contributed by atoms with E-state index in [-0.39, 0.29) is 30.1 Å². The molecule has 174 valence electrons. The Hall–Kier alpha value is -0.900. The van der Waals surface area contributed by atoms with Crippen LogP contribution in [0.3, 0.4) is 0 Å². The Morgan fingerprint density at radius 2 is 1.90 bits per heavy atom. The van der Waals surface area contributed by atoms with Gasteiger partial charge in [-0.25, -0.2) is 0 Å². The summed E-state index contributed by atoms with van der Waals surface area (Å²) in [5, 5.41) is 3.69. The number of benzene rings is 1. The average molecular weight is 542 g/mol. The Morgan fingerprint density at radius 3 is 2.61 bits per heavy atom. The lowest BCUT2D eigenvalue weighted by Gasteiger charge is -2.36. The molecule has 3 heterocycles. The summed E-state index contributed by atoms with van der Waals surface area (Å²) in [6, 6.07) is 11.2. The van der Waals surface area contributed by atoms with E-state index >= 15 is 0 Å². The van der Waals surface area contributed by atoms with Crippen LogP contribution in [-0.2, 0) is 11.3 Å². The highest BCUT2D eigenvalue weighted by Crippen LogP contribution is 2.25. The van der Waals surface area contributed by atoms with Crippen molar-refractivity contribution in [3.05, 3.63) is 35.9 Å². The standard InChI is InChI=1S/C24H39N5O.HI/c1-3-11-27-12-9-20(10-13-27)16-26-24(25-2)29-18-22-23(19-29)30-15-14-28(22)17-21-7-5-4-6-8-21;/h4-8,20,22-23H,3,9-19H2,1-2H3,(H,25,26);1H. The highest BCUT2D eigenvalue weighted by Gasteiger charge is 2.41. The molecule has 3 aliphatic rings. The number of halogens is 1. The van der Waals surface area contributed by atoms with Gasteiger partial charge in [-0.05, 0) is 50.4 Å². The van der Waals surface area contributed by atoms with Crippen molar-refractivity contribution in [3.63, 3.8) is 0 Å². The van der Waals surface area contributed by atoms with Gasteiger partial charge in [0.05, 0.1) is 18.8 Å². The lowest BCUT2D eigenvalue weighted by atomic mass is 9.97. The number of guanidine groups is 1. The van der Waals surface area contributed by atoms with E-state index in [2.05, 4.69) is 62.3 Å². The first-order valence-electron chi connectivity index (χ1n) is 11.8. The summed E-state index contributed by atoms with van der Waals surface area (Å²) in [6.45, 7) is 11.8. The van der Waals surface area contributed by atoms with Crippen LogP contribution in [0.15, 0.2) is 35.3 Å². The first-order valence-corrected chi connectivity index (χ1v) is 11.8. The highest BCUT2D eigenvalue weighted by molar-refractivity contribution is 14.0. The fraction of sp³-hybridized carbons (Fsp3) is 0.708. The van der Waals surface area contributed by atoms with E-state index in [1.54, 1.807) is 0 Å². The molecule has 1 aromatic carbocycles. The number of hydrogen-bond donors (Lipinski definition) is 1. The van der Waals surface area contributed by atoms with Crippen molar-refractivity contribution in [1.82, 2.24) is 20.0 Å². The molecule has 0 saturated carbocycles. The molecule has 3 aliphatic heterocycles. The maximum Gasteiger partial charge on any atom is 0.193 e. The Labute approximate surface area is 205 Å². The van der Waals surface area contributed by atoms with Crippen molar-refractivity contribution in [2.45, 2.75) is 44.9 Å². The molecule has 31 heavy (non-hydrogen) atoms. The zero-order valence-corrected chi connectivity index (χ0v) is 21.5. The van der Waals surface area contributed by atoms with Crippen LogP contribution >= 0.6 is 24.0 Å². The van der Waals surface area contributed by atoms with E-state index in [0.717, 1.165) is 51.2 Å². The molecule has 2 unspecified atom stereocenters. The molecule has 0 aliphatic carbocycles. The normalized spacial score (nSPS) is 25.9. The van der Waals surface area contributed by atoms with Gasteiger partial charge in [0.1, 0.15) is 0 Å². The van der Waals surface area contributed by atoms with Crippen molar-refractivity contribution in [2.75, 3.05) is 59.5 Å². The SMILES string of the molecule is CCCN1CCC(CNC(=NC)N2CC3OCCN(Cc4ccccc4)C3C2)CC1.I. The van der Waals surface area contributed by atoms with Crippen LogP contribution in [0, 0.1) is 5.92 Å². The van der Waals surface area contributed by atoms with Crippen molar-refractivity contribution >= 4 is 29.9 Å². The van der Waals surface area contributed by atoms with Gasteiger partial charge in [-0.3, -0.25) is 9.89 Å². The molecule has 7 heteroatoms. The number of hydrogen-bond acceptors (Lipinski definition) is 4. The number of rotatable bonds is 6. The smallest absolute Gasteiger partial charge is 0.193 e. The van der Waals surface area contributed by atoms with Gasteiger partial charge in [0.2, 0.25) is 0 Å². The monoisotopic (exact) mass is 541 g/mol. The number of morpholine rings is 1. The molecule has 1 N–H and O–H groups in total. The summed E-state index contributed by atoms with van der Waals surface area (Å²) in [5.41, 5.74) is 1.38. The van der Waals surface area contributed by atoms with Crippen LogP contribution < -0.4 is 5.32 Å². The maximum absolute atomic E-state index is 6.15.